The lowest BCUT2D eigenvalue weighted by Gasteiger charge is -2.11. The summed E-state index contributed by atoms with van der Waals surface area (Å²) in [6.45, 7) is 4.26. The van der Waals surface area contributed by atoms with Gasteiger partial charge in [0.2, 0.25) is 0 Å². The normalized spacial score (nSPS) is 14.1. The standard InChI is InChI=1S/C9H11N3S/c1-6(2)7-3-4-8-9(12-7)10-5-11-13-8/h3-6H,1-2H3,(H,10,11,12). The SMILES string of the molecule is CC(C)c1ccc2c(n1)N=CNS2. The van der Waals surface area contributed by atoms with E-state index in [2.05, 4.69) is 40.7 Å². The molecule has 1 N–H and O–H groups in total. The van der Waals surface area contributed by atoms with E-state index in [1.165, 1.54) is 0 Å². The second-order valence-corrected chi connectivity index (χ2v) is 4.07. The zero-order valence-electron chi connectivity index (χ0n) is 7.61. The Bertz CT molecular complexity index is 347. The molecule has 0 aliphatic carbocycles. The molecule has 68 valence electrons. The van der Waals surface area contributed by atoms with Crippen molar-refractivity contribution in [3.05, 3.63) is 17.8 Å². The van der Waals surface area contributed by atoms with E-state index >= 15 is 0 Å². The number of fused-ring (bicyclic) bond motifs is 1. The molecule has 0 atom stereocenters. The monoisotopic (exact) mass is 193 g/mol. The third kappa shape index (κ3) is 1.67. The largest absolute Gasteiger partial charge is 0.316 e. The van der Waals surface area contributed by atoms with Crippen molar-refractivity contribution in [3.63, 3.8) is 0 Å². The van der Waals surface area contributed by atoms with Crippen LogP contribution in [-0.4, -0.2) is 11.3 Å². The predicted molar refractivity (Wildman–Crippen MR) is 55.5 cm³/mol. The molecule has 13 heavy (non-hydrogen) atoms. The van der Waals surface area contributed by atoms with Gasteiger partial charge in [0.05, 0.1) is 4.90 Å². The van der Waals surface area contributed by atoms with E-state index in [4.69, 9.17) is 0 Å². The van der Waals surface area contributed by atoms with Crippen LogP contribution < -0.4 is 4.72 Å². The second kappa shape index (κ2) is 3.38. The molecule has 2 heterocycles. The Balaban J connectivity index is 2.43. The quantitative estimate of drug-likeness (QED) is 0.696. The first-order valence-corrected chi connectivity index (χ1v) is 5.05. The van der Waals surface area contributed by atoms with Crippen molar-refractivity contribution < 1.29 is 0 Å². The molecule has 0 saturated heterocycles. The lowest BCUT2D eigenvalue weighted by atomic mass is 10.1. The molecular weight excluding hydrogens is 182 g/mol. The first-order chi connectivity index (χ1) is 6.27. The molecule has 0 amide bonds. The highest BCUT2D eigenvalue weighted by molar-refractivity contribution is 7.98. The summed E-state index contributed by atoms with van der Waals surface area (Å²) in [5.41, 5.74) is 1.10. The highest BCUT2D eigenvalue weighted by atomic mass is 32.2. The van der Waals surface area contributed by atoms with Crippen LogP contribution in [0.15, 0.2) is 22.0 Å². The fourth-order valence-electron chi connectivity index (χ4n) is 1.12. The van der Waals surface area contributed by atoms with Crippen molar-refractivity contribution in [3.8, 4) is 0 Å². The van der Waals surface area contributed by atoms with Crippen molar-refractivity contribution in [1.82, 2.24) is 9.71 Å². The third-order valence-electron chi connectivity index (χ3n) is 1.86. The number of rotatable bonds is 1. The summed E-state index contributed by atoms with van der Waals surface area (Å²) in [4.78, 5) is 9.71. The van der Waals surface area contributed by atoms with Crippen molar-refractivity contribution in [2.24, 2.45) is 4.99 Å². The highest BCUT2D eigenvalue weighted by Gasteiger charge is 2.09. The molecule has 2 rings (SSSR count). The Morgan fingerprint density at radius 2 is 2.23 bits per heavy atom. The number of aliphatic imine (C=N–C) groups is 1. The molecular formula is C9H11N3S. The smallest absolute Gasteiger partial charge is 0.169 e. The van der Waals surface area contributed by atoms with E-state index in [0.29, 0.717) is 5.92 Å². The molecule has 0 aromatic carbocycles. The molecule has 0 spiro atoms. The molecule has 1 aromatic heterocycles. The summed E-state index contributed by atoms with van der Waals surface area (Å²) in [5.74, 6) is 1.29. The van der Waals surface area contributed by atoms with Gasteiger partial charge in [0.25, 0.3) is 0 Å². The molecule has 1 aliphatic rings. The van der Waals surface area contributed by atoms with E-state index in [0.717, 1.165) is 16.4 Å². The van der Waals surface area contributed by atoms with Crippen LogP contribution in [0, 0.1) is 0 Å². The summed E-state index contributed by atoms with van der Waals surface area (Å²) in [7, 11) is 0. The van der Waals surface area contributed by atoms with E-state index < -0.39 is 0 Å². The van der Waals surface area contributed by atoms with Crippen LogP contribution in [0.4, 0.5) is 5.82 Å². The summed E-state index contributed by atoms with van der Waals surface area (Å²) in [6, 6.07) is 4.12. The molecule has 0 saturated carbocycles. The topological polar surface area (TPSA) is 37.3 Å². The zero-order chi connectivity index (χ0) is 9.26. The van der Waals surface area contributed by atoms with Gasteiger partial charge in [-0.15, -0.1) is 0 Å². The van der Waals surface area contributed by atoms with Crippen LogP contribution in [0.1, 0.15) is 25.5 Å². The lowest BCUT2D eigenvalue weighted by Crippen LogP contribution is -2.04. The van der Waals surface area contributed by atoms with Gasteiger partial charge in [-0.1, -0.05) is 13.8 Å². The number of hydrogen-bond donors (Lipinski definition) is 1. The molecule has 3 nitrogen and oxygen atoms in total. The van der Waals surface area contributed by atoms with E-state index in [9.17, 15) is 0 Å². The van der Waals surface area contributed by atoms with Crippen molar-refractivity contribution >= 4 is 24.1 Å². The molecule has 0 unspecified atom stereocenters. The number of nitrogens with zero attached hydrogens (tertiary/aromatic N) is 2. The molecule has 4 heteroatoms. The summed E-state index contributed by atoms with van der Waals surface area (Å²) in [5, 5.41) is 0. The van der Waals surface area contributed by atoms with Crippen LogP contribution in [0.2, 0.25) is 0 Å². The third-order valence-corrected chi connectivity index (χ3v) is 2.62. The maximum atomic E-state index is 4.45. The van der Waals surface area contributed by atoms with Gasteiger partial charge < -0.3 is 4.72 Å². The summed E-state index contributed by atoms with van der Waals surface area (Å²) >= 11 is 1.55. The van der Waals surface area contributed by atoms with Gasteiger partial charge in [0, 0.05) is 5.69 Å². The number of hydrogen-bond acceptors (Lipinski definition) is 4. The number of aromatic nitrogens is 1. The minimum Gasteiger partial charge on any atom is -0.316 e. The number of pyridine rings is 1. The molecule has 1 aromatic rings. The van der Waals surface area contributed by atoms with Crippen molar-refractivity contribution in [2.75, 3.05) is 0 Å². The minimum atomic E-state index is 0.459. The van der Waals surface area contributed by atoms with Crippen LogP contribution in [0.25, 0.3) is 0 Å². The Morgan fingerprint density at radius 1 is 1.38 bits per heavy atom. The zero-order valence-corrected chi connectivity index (χ0v) is 8.43. The van der Waals surface area contributed by atoms with Gasteiger partial charge in [0.1, 0.15) is 6.34 Å². The summed E-state index contributed by atoms with van der Waals surface area (Å²) < 4.78 is 2.97. The van der Waals surface area contributed by atoms with E-state index in [-0.39, 0.29) is 0 Å². The van der Waals surface area contributed by atoms with Gasteiger partial charge in [-0.25, -0.2) is 9.98 Å². The van der Waals surface area contributed by atoms with Gasteiger partial charge in [-0.2, -0.15) is 0 Å². The molecule has 1 aliphatic heterocycles. The molecule has 0 fully saturated rings. The van der Waals surface area contributed by atoms with Crippen LogP contribution in [0.3, 0.4) is 0 Å². The maximum Gasteiger partial charge on any atom is 0.169 e. The predicted octanol–water partition coefficient (Wildman–Crippen LogP) is 2.48. The first kappa shape index (κ1) is 8.56. The fraction of sp³-hybridized carbons (Fsp3) is 0.333. The minimum absolute atomic E-state index is 0.459. The highest BCUT2D eigenvalue weighted by Crippen LogP contribution is 2.29. The Kier molecular flexibility index (Phi) is 2.22. The second-order valence-electron chi connectivity index (χ2n) is 3.19. The molecule has 0 bridgehead atoms. The van der Waals surface area contributed by atoms with Gasteiger partial charge in [-0.3, -0.25) is 0 Å². The van der Waals surface area contributed by atoms with Crippen LogP contribution >= 0.6 is 11.9 Å². The Morgan fingerprint density at radius 3 is 3.00 bits per heavy atom. The average molecular weight is 193 g/mol. The van der Waals surface area contributed by atoms with Gasteiger partial charge >= 0.3 is 0 Å². The van der Waals surface area contributed by atoms with E-state index in [1.54, 1.807) is 18.3 Å². The van der Waals surface area contributed by atoms with Crippen LogP contribution in [0.5, 0.6) is 0 Å². The van der Waals surface area contributed by atoms with Crippen molar-refractivity contribution in [1.29, 1.82) is 0 Å². The Labute approximate surface area is 81.8 Å². The first-order valence-electron chi connectivity index (χ1n) is 4.23. The van der Waals surface area contributed by atoms with Gasteiger partial charge in [-0.05, 0) is 30.0 Å². The van der Waals surface area contributed by atoms with E-state index in [1.807, 2.05) is 0 Å². The summed E-state index contributed by atoms with van der Waals surface area (Å²) in [6.07, 6.45) is 1.67. The van der Waals surface area contributed by atoms with Gasteiger partial charge in [0.15, 0.2) is 5.82 Å². The van der Waals surface area contributed by atoms with Crippen molar-refractivity contribution in [2.45, 2.75) is 24.7 Å². The maximum absolute atomic E-state index is 4.45. The number of nitrogens with one attached hydrogen (secondary N) is 1. The van der Waals surface area contributed by atoms with Crippen LogP contribution in [-0.2, 0) is 0 Å². The Hall–Kier alpha value is -1.03. The fourth-order valence-corrected chi connectivity index (χ4v) is 1.68. The lowest BCUT2D eigenvalue weighted by molar-refractivity contribution is 0.818. The average Bonchev–Trinajstić information content (AvgIpc) is 2.17. The molecule has 0 radical (unpaired) electrons.